The number of nitrogens with zero attached hydrogens (tertiary/aromatic N) is 1. The Labute approximate surface area is 165 Å². The van der Waals surface area contributed by atoms with Gasteiger partial charge in [0.05, 0.1) is 5.71 Å². The van der Waals surface area contributed by atoms with Crippen molar-refractivity contribution in [3.8, 4) is 5.75 Å². The summed E-state index contributed by atoms with van der Waals surface area (Å²) in [5.41, 5.74) is 6.14. The first-order chi connectivity index (χ1) is 13.6. The molecule has 0 spiro atoms. The molecule has 3 aromatic rings. The molecule has 0 aliphatic rings. The second-order valence-electron chi connectivity index (χ2n) is 6.76. The molecule has 3 aromatic carbocycles. The van der Waals surface area contributed by atoms with Gasteiger partial charge in [-0.3, -0.25) is 4.79 Å². The lowest BCUT2D eigenvalue weighted by Crippen LogP contribution is -2.22. The fourth-order valence-electron chi connectivity index (χ4n) is 2.75. The summed E-state index contributed by atoms with van der Waals surface area (Å²) in [5, 5.41) is 4.35. The van der Waals surface area contributed by atoms with Gasteiger partial charge in [0.15, 0.2) is 0 Å². The van der Waals surface area contributed by atoms with Gasteiger partial charge in [0, 0.05) is 5.56 Å². The topological polar surface area (TPSA) is 50.7 Å². The summed E-state index contributed by atoms with van der Waals surface area (Å²) in [4.78, 5) is 12.4. The smallest absolute Gasteiger partial charge is 0.271 e. The zero-order chi connectivity index (χ0) is 19.8. The van der Waals surface area contributed by atoms with Crippen molar-refractivity contribution < 1.29 is 9.53 Å². The summed E-state index contributed by atoms with van der Waals surface area (Å²) in [6.45, 7) is 4.60. The van der Waals surface area contributed by atoms with Gasteiger partial charge in [-0.2, -0.15) is 5.10 Å². The van der Waals surface area contributed by atoms with E-state index in [4.69, 9.17) is 4.74 Å². The van der Waals surface area contributed by atoms with E-state index < -0.39 is 0 Å². The van der Waals surface area contributed by atoms with Crippen molar-refractivity contribution in [1.29, 1.82) is 0 Å². The van der Waals surface area contributed by atoms with Gasteiger partial charge in [0.25, 0.3) is 5.91 Å². The largest absolute Gasteiger partial charge is 0.489 e. The molecule has 4 nitrogen and oxygen atoms in total. The Morgan fingerprint density at radius 3 is 2.07 bits per heavy atom. The molecule has 0 saturated carbocycles. The molecule has 0 saturated heterocycles. The quantitative estimate of drug-likeness (QED) is 0.466. The Bertz CT molecular complexity index is 918. The van der Waals surface area contributed by atoms with Gasteiger partial charge in [-0.1, -0.05) is 74.5 Å². The normalized spacial score (nSPS) is 11.3. The van der Waals surface area contributed by atoms with Crippen LogP contribution < -0.4 is 10.2 Å². The van der Waals surface area contributed by atoms with Crippen molar-refractivity contribution in [2.75, 3.05) is 0 Å². The van der Waals surface area contributed by atoms with Gasteiger partial charge < -0.3 is 4.74 Å². The first-order valence-electron chi connectivity index (χ1n) is 9.33. The van der Waals surface area contributed by atoms with Gasteiger partial charge in [-0.05, 0) is 41.3 Å². The van der Waals surface area contributed by atoms with Crippen LogP contribution in [0, 0.1) is 5.92 Å². The van der Waals surface area contributed by atoms with E-state index in [0.717, 1.165) is 22.6 Å². The minimum absolute atomic E-state index is 0.191. The first kappa shape index (κ1) is 19.4. The third-order valence-electron chi connectivity index (χ3n) is 4.26. The predicted molar refractivity (Wildman–Crippen MR) is 112 cm³/mol. The summed E-state index contributed by atoms with van der Waals surface area (Å²) in [5.74, 6) is 0.663. The fourth-order valence-corrected chi connectivity index (χ4v) is 2.75. The molecular formula is C24H24N2O2. The second-order valence-corrected chi connectivity index (χ2v) is 6.76. The minimum atomic E-state index is -0.247. The van der Waals surface area contributed by atoms with Gasteiger partial charge in [-0.25, -0.2) is 5.43 Å². The molecule has 0 aliphatic heterocycles. The van der Waals surface area contributed by atoms with Crippen LogP contribution in [0.2, 0.25) is 0 Å². The van der Waals surface area contributed by atoms with Crippen molar-refractivity contribution >= 4 is 11.6 Å². The van der Waals surface area contributed by atoms with Crippen LogP contribution in [0.3, 0.4) is 0 Å². The third-order valence-corrected chi connectivity index (χ3v) is 4.26. The van der Waals surface area contributed by atoms with E-state index in [0.29, 0.717) is 12.2 Å². The van der Waals surface area contributed by atoms with E-state index in [1.807, 2.05) is 60.7 Å². The lowest BCUT2D eigenvalue weighted by molar-refractivity contribution is 0.0954. The second kappa shape index (κ2) is 9.51. The molecule has 4 heteroatoms. The number of nitrogens with one attached hydrogen (secondary N) is 1. The van der Waals surface area contributed by atoms with Crippen LogP contribution in [0.15, 0.2) is 90.0 Å². The maximum absolute atomic E-state index is 12.4. The highest BCUT2D eigenvalue weighted by atomic mass is 16.5. The SMILES string of the molecule is CC(C)/C(=N\NC(=O)c1ccc(OCc2ccccc2)cc1)c1ccccc1. The monoisotopic (exact) mass is 372 g/mol. The molecule has 0 radical (unpaired) electrons. The van der Waals surface area contributed by atoms with Crippen LogP contribution in [0.5, 0.6) is 5.75 Å². The maximum atomic E-state index is 12.4. The fraction of sp³-hybridized carbons (Fsp3) is 0.167. The zero-order valence-corrected chi connectivity index (χ0v) is 16.1. The Kier molecular flexibility index (Phi) is 6.58. The number of hydrogen-bond acceptors (Lipinski definition) is 3. The lowest BCUT2D eigenvalue weighted by atomic mass is 10.0. The van der Waals surface area contributed by atoms with Crippen LogP contribution in [0.25, 0.3) is 0 Å². The van der Waals surface area contributed by atoms with Crippen LogP contribution in [0.4, 0.5) is 0 Å². The number of benzene rings is 3. The van der Waals surface area contributed by atoms with Crippen molar-refractivity contribution in [1.82, 2.24) is 5.43 Å². The Morgan fingerprint density at radius 2 is 1.46 bits per heavy atom. The van der Waals surface area contributed by atoms with Crippen LogP contribution >= 0.6 is 0 Å². The lowest BCUT2D eigenvalue weighted by Gasteiger charge is -2.11. The average molecular weight is 372 g/mol. The molecule has 0 atom stereocenters. The highest BCUT2D eigenvalue weighted by Crippen LogP contribution is 2.15. The summed E-state index contributed by atoms with van der Waals surface area (Å²) in [6.07, 6.45) is 0. The Balaban J connectivity index is 1.62. The predicted octanol–water partition coefficient (Wildman–Crippen LogP) is 5.06. The molecule has 0 aromatic heterocycles. The molecule has 0 unspecified atom stereocenters. The molecular weight excluding hydrogens is 348 g/mol. The van der Waals surface area contributed by atoms with Gasteiger partial charge >= 0.3 is 0 Å². The number of rotatable bonds is 7. The average Bonchev–Trinajstić information content (AvgIpc) is 2.74. The molecule has 28 heavy (non-hydrogen) atoms. The third kappa shape index (κ3) is 5.30. The highest BCUT2D eigenvalue weighted by Gasteiger charge is 2.10. The van der Waals surface area contributed by atoms with Crippen molar-refractivity contribution in [3.05, 3.63) is 102 Å². The Hall–Kier alpha value is -3.40. The first-order valence-corrected chi connectivity index (χ1v) is 9.33. The van der Waals surface area contributed by atoms with Crippen molar-refractivity contribution in [2.45, 2.75) is 20.5 Å². The molecule has 0 heterocycles. The summed E-state index contributed by atoms with van der Waals surface area (Å²) in [6, 6.07) is 26.9. The van der Waals surface area contributed by atoms with Crippen molar-refractivity contribution in [2.24, 2.45) is 11.0 Å². The minimum Gasteiger partial charge on any atom is -0.489 e. The Morgan fingerprint density at radius 1 is 0.857 bits per heavy atom. The number of hydrogen-bond donors (Lipinski definition) is 1. The number of carbonyl (C=O) groups excluding carboxylic acids is 1. The van der Waals surface area contributed by atoms with E-state index in [2.05, 4.69) is 24.4 Å². The van der Waals surface area contributed by atoms with Crippen LogP contribution in [-0.2, 0) is 6.61 Å². The summed E-state index contributed by atoms with van der Waals surface area (Å²) >= 11 is 0. The number of amides is 1. The number of carbonyl (C=O) groups is 1. The number of ether oxygens (including phenoxy) is 1. The van der Waals surface area contributed by atoms with Gasteiger partial charge in [0.1, 0.15) is 12.4 Å². The van der Waals surface area contributed by atoms with Crippen LogP contribution in [-0.4, -0.2) is 11.6 Å². The number of hydrazone groups is 1. The summed E-state index contributed by atoms with van der Waals surface area (Å²) < 4.78 is 5.76. The van der Waals surface area contributed by atoms with E-state index in [1.54, 1.807) is 24.3 Å². The van der Waals surface area contributed by atoms with Gasteiger partial charge in [-0.15, -0.1) is 0 Å². The molecule has 0 fully saturated rings. The molecule has 0 aliphatic carbocycles. The molecule has 142 valence electrons. The van der Waals surface area contributed by atoms with E-state index in [1.165, 1.54) is 0 Å². The maximum Gasteiger partial charge on any atom is 0.271 e. The highest BCUT2D eigenvalue weighted by molar-refractivity contribution is 6.03. The van der Waals surface area contributed by atoms with Crippen LogP contribution in [0.1, 0.15) is 35.3 Å². The van der Waals surface area contributed by atoms with E-state index in [-0.39, 0.29) is 11.8 Å². The van der Waals surface area contributed by atoms with Crippen molar-refractivity contribution in [3.63, 3.8) is 0 Å². The van der Waals surface area contributed by atoms with E-state index in [9.17, 15) is 4.79 Å². The zero-order valence-electron chi connectivity index (χ0n) is 16.1. The molecule has 0 bridgehead atoms. The van der Waals surface area contributed by atoms with E-state index >= 15 is 0 Å². The summed E-state index contributed by atoms with van der Waals surface area (Å²) in [7, 11) is 0. The molecule has 3 rings (SSSR count). The molecule has 1 amide bonds. The standard InChI is InChI=1S/C24H24N2O2/c1-18(2)23(20-11-7-4-8-12-20)25-26-24(27)21-13-15-22(16-14-21)28-17-19-9-5-3-6-10-19/h3-16,18H,17H2,1-2H3,(H,26,27)/b25-23+. The van der Waals surface area contributed by atoms with Gasteiger partial charge in [0.2, 0.25) is 0 Å². The molecule has 1 N–H and O–H groups in total.